The average Bonchev–Trinajstić information content (AvgIpc) is 2.84. The fourth-order valence-corrected chi connectivity index (χ4v) is 6.28. The van der Waals surface area contributed by atoms with Crippen LogP contribution in [0.1, 0.15) is 19.8 Å². The summed E-state index contributed by atoms with van der Waals surface area (Å²) in [6.07, 6.45) is 2.74. The highest BCUT2D eigenvalue weighted by atomic mass is 35.5. The quantitative estimate of drug-likeness (QED) is 0.818. The van der Waals surface area contributed by atoms with Crippen LogP contribution in [0, 0.1) is 0 Å². The maximum absolute atomic E-state index is 12.8. The Morgan fingerprint density at radius 2 is 2.33 bits per heavy atom. The molecule has 0 saturated carbocycles. The molecule has 1 aromatic rings. The predicted molar refractivity (Wildman–Crippen MR) is 80.8 cm³/mol. The molecule has 2 atom stereocenters. The molecule has 9 heteroatoms. The molecule has 116 valence electrons. The summed E-state index contributed by atoms with van der Waals surface area (Å²) in [5.41, 5.74) is 0. The van der Waals surface area contributed by atoms with E-state index in [9.17, 15) is 18.3 Å². The van der Waals surface area contributed by atoms with E-state index in [0.29, 0.717) is 6.42 Å². The molecule has 0 radical (unpaired) electrons. The Balaban J connectivity index is 2.48. The molecule has 1 aromatic heterocycles. The van der Waals surface area contributed by atoms with E-state index in [1.807, 2.05) is 6.92 Å². The molecule has 1 N–H and O–H groups in total. The first-order valence-corrected chi connectivity index (χ1v) is 9.24. The molecule has 6 nitrogen and oxygen atoms in total. The van der Waals surface area contributed by atoms with Crippen molar-refractivity contribution in [1.29, 1.82) is 0 Å². The largest absolute Gasteiger partial charge is 0.480 e. The summed E-state index contributed by atoms with van der Waals surface area (Å²) in [4.78, 5) is 15.0. The average molecular weight is 351 g/mol. The summed E-state index contributed by atoms with van der Waals surface area (Å²) in [6.45, 7) is 1.93. The van der Waals surface area contributed by atoms with Gasteiger partial charge in [-0.1, -0.05) is 24.9 Å². The van der Waals surface area contributed by atoms with E-state index in [1.165, 1.54) is 30.1 Å². The second kappa shape index (κ2) is 6.51. The normalized spacial score (nSPS) is 23.3. The van der Waals surface area contributed by atoms with E-state index in [4.69, 9.17) is 11.6 Å². The van der Waals surface area contributed by atoms with E-state index < -0.39 is 27.4 Å². The van der Waals surface area contributed by atoms with Crippen LogP contribution < -0.4 is 0 Å². The van der Waals surface area contributed by atoms with Gasteiger partial charge in [0.2, 0.25) is 10.0 Å². The summed E-state index contributed by atoms with van der Waals surface area (Å²) < 4.78 is 26.6. The van der Waals surface area contributed by atoms with Crippen molar-refractivity contribution in [2.75, 3.05) is 5.75 Å². The SMILES string of the molecule is CCCC1SCC(C(=O)O)N1S(=O)(=O)c1cccnc1Cl. The highest BCUT2D eigenvalue weighted by Gasteiger charge is 2.46. The maximum Gasteiger partial charge on any atom is 0.322 e. The van der Waals surface area contributed by atoms with Gasteiger partial charge < -0.3 is 5.11 Å². The van der Waals surface area contributed by atoms with Gasteiger partial charge in [-0.2, -0.15) is 4.31 Å². The summed E-state index contributed by atoms with van der Waals surface area (Å²) in [7, 11) is -4.00. The standard InChI is InChI=1S/C12H15ClN2O4S2/c1-2-4-10-15(8(7-20-10)12(16)17)21(18,19)9-5-3-6-14-11(9)13/h3,5-6,8,10H,2,4,7H2,1H3,(H,16,17). The number of hydrogen-bond donors (Lipinski definition) is 1. The molecule has 2 rings (SSSR count). The smallest absolute Gasteiger partial charge is 0.322 e. The van der Waals surface area contributed by atoms with Gasteiger partial charge in [-0.25, -0.2) is 13.4 Å². The van der Waals surface area contributed by atoms with Gasteiger partial charge in [-0.05, 0) is 18.6 Å². The van der Waals surface area contributed by atoms with Gasteiger partial charge in [-0.3, -0.25) is 4.79 Å². The van der Waals surface area contributed by atoms with Crippen LogP contribution in [0.25, 0.3) is 0 Å². The van der Waals surface area contributed by atoms with Crippen LogP contribution in [0.15, 0.2) is 23.2 Å². The molecule has 0 aliphatic carbocycles. The number of pyridine rings is 1. The van der Waals surface area contributed by atoms with Crippen molar-refractivity contribution in [2.45, 2.75) is 36.1 Å². The first-order valence-electron chi connectivity index (χ1n) is 6.38. The second-order valence-corrected chi connectivity index (χ2v) is 7.94. The zero-order valence-corrected chi connectivity index (χ0v) is 13.7. The Hall–Kier alpha value is -0.830. The lowest BCUT2D eigenvalue weighted by molar-refractivity contribution is -0.140. The number of rotatable bonds is 5. The molecule has 0 aromatic carbocycles. The van der Waals surface area contributed by atoms with Crippen molar-refractivity contribution in [2.24, 2.45) is 0 Å². The molecule has 1 fully saturated rings. The van der Waals surface area contributed by atoms with Crippen LogP contribution in [-0.2, 0) is 14.8 Å². The lowest BCUT2D eigenvalue weighted by atomic mass is 10.3. The molecule has 0 bridgehead atoms. The number of carboxylic acids is 1. The molecule has 2 unspecified atom stereocenters. The van der Waals surface area contributed by atoms with Crippen LogP contribution >= 0.6 is 23.4 Å². The molecular weight excluding hydrogens is 336 g/mol. The molecule has 21 heavy (non-hydrogen) atoms. The maximum atomic E-state index is 12.8. The Labute approximate surface area is 132 Å². The number of aliphatic carboxylic acids is 1. The third kappa shape index (κ3) is 3.18. The van der Waals surface area contributed by atoms with Crippen molar-refractivity contribution in [3.8, 4) is 0 Å². The van der Waals surface area contributed by atoms with Crippen molar-refractivity contribution in [3.63, 3.8) is 0 Å². The highest BCUT2D eigenvalue weighted by Crippen LogP contribution is 2.38. The van der Waals surface area contributed by atoms with Crippen molar-refractivity contribution in [3.05, 3.63) is 23.5 Å². The van der Waals surface area contributed by atoms with Crippen molar-refractivity contribution < 1.29 is 18.3 Å². The van der Waals surface area contributed by atoms with Crippen LogP contribution in [0.3, 0.4) is 0 Å². The molecular formula is C12H15ClN2O4S2. The van der Waals surface area contributed by atoms with Gasteiger partial charge in [0.25, 0.3) is 0 Å². The summed E-state index contributed by atoms with van der Waals surface area (Å²) >= 11 is 7.21. The third-order valence-electron chi connectivity index (χ3n) is 3.14. The Morgan fingerprint density at radius 1 is 1.62 bits per heavy atom. The molecule has 1 saturated heterocycles. The van der Waals surface area contributed by atoms with E-state index in [2.05, 4.69) is 4.98 Å². The molecule has 2 heterocycles. The van der Waals surface area contributed by atoms with Crippen molar-refractivity contribution in [1.82, 2.24) is 9.29 Å². The second-order valence-electron chi connectivity index (χ2n) is 4.56. The number of sulfonamides is 1. The Kier molecular flexibility index (Phi) is 5.13. The fraction of sp³-hybridized carbons (Fsp3) is 0.500. The number of carbonyl (C=O) groups is 1. The van der Waals surface area contributed by atoms with Gasteiger partial charge in [0.1, 0.15) is 16.1 Å². The molecule has 1 aliphatic rings. The van der Waals surface area contributed by atoms with Gasteiger partial charge in [0, 0.05) is 11.9 Å². The molecule has 1 aliphatic heterocycles. The lowest BCUT2D eigenvalue weighted by Gasteiger charge is -2.26. The number of carboxylic acid groups (broad SMARTS) is 1. The first-order chi connectivity index (χ1) is 9.89. The van der Waals surface area contributed by atoms with E-state index in [0.717, 1.165) is 10.7 Å². The predicted octanol–water partition coefficient (Wildman–Crippen LogP) is 2.05. The zero-order chi connectivity index (χ0) is 15.6. The van der Waals surface area contributed by atoms with E-state index in [-0.39, 0.29) is 15.8 Å². The molecule has 0 amide bonds. The fourth-order valence-electron chi connectivity index (χ4n) is 2.19. The summed E-state index contributed by atoms with van der Waals surface area (Å²) in [5, 5.41) is 8.75. The van der Waals surface area contributed by atoms with Crippen LogP contribution in [0.2, 0.25) is 5.15 Å². The van der Waals surface area contributed by atoms with Gasteiger partial charge in [-0.15, -0.1) is 11.8 Å². The molecule has 0 spiro atoms. The summed E-state index contributed by atoms with van der Waals surface area (Å²) in [6, 6.07) is 1.73. The van der Waals surface area contributed by atoms with E-state index >= 15 is 0 Å². The van der Waals surface area contributed by atoms with Crippen LogP contribution in [-0.4, -0.2) is 46.0 Å². The third-order valence-corrected chi connectivity index (χ3v) is 6.99. The number of hydrogen-bond acceptors (Lipinski definition) is 5. The summed E-state index contributed by atoms with van der Waals surface area (Å²) in [5.74, 6) is -0.915. The van der Waals surface area contributed by atoms with Gasteiger partial charge >= 0.3 is 5.97 Å². The minimum absolute atomic E-state index is 0.145. The minimum Gasteiger partial charge on any atom is -0.480 e. The van der Waals surface area contributed by atoms with Gasteiger partial charge in [0.05, 0.1) is 5.37 Å². The number of aromatic nitrogens is 1. The Morgan fingerprint density at radius 3 is 2.90 bits per heavy atom. The lowest BCUT2D eigenvalue weighted by Crippen LogP contribution is -2.45. The van der Waals surface area contributed by atoms with Crippen LogP contribution in [0.4, 0.5) is 0 Å². The van der Waals surface area contributed by atoms with E-state index in [1.54, 1.807) is 0 Å². The Bertz CT molecular complexity index is 638. The number of halogens is 1. The topological polar surface area (TPSA) is 87.6 Å². The number of nitrogens with zero attached hydrogens (tertiary/aromatic N) is 2. The minimum atomic E-state index is -4.00. The monoisotopic (exact) mass is 350 g/mol. The van der Waals surface area contributed by atoms with Crippen LogP contribution in [0.5, 0.6) is 0 Å². The van der Waals surface area contributed by atoms with Gasteiger partial charge in [0.15, 0.2) is 0 Å². The zero-order valence-electron chi connectivity index (χ0n) is 11.3. The van der Waals surface area contributed by atoms with Crippen molar-refractivity contribution >= 4 is 39.4 Å². The highest BCUT2D eigenvalue weighted by molar-refractivity contribution is 8.01. The first kappa shape index (κ1) is 16.5. The number of thioether (sulfide) groups is 1.